The molecule has 1 heterocycles. The first-order chi connectivity index (χ1) is 11.1. The number of methoxy groups -OCH3 is 1. The molecular formula is C18H18ClNO3. The summed E-state index contributed by atoms with van der Waals surface area (Å²) in [6, 6.07) is 11.2. The molecule has 0 aliphatic carbocycles. The second kappa shape index (κ2) is 6.50. The first-order valence-corrected chi connectivity index (χ1v) is 7.81. The van der Waals surface area contributed by atoms with Crippen LogP contribution in [0.3, 0.4) is 0 Å². The zero-order valence-corrected chi connectivity index (χ0v) is 13.8. The zero-order valence-electron chi connectivity index (χ0n) is 13.1. The van der Waals surface area contributed by atoms with Gasteiger partial charge in [0.2, 0.25) is 5.91 Å². The lowest BCUT2D eigenvalue weighted by molar-refractivity contribution is -0.121. The van der Waals surface area contributed by atoms with Crippen LogP contribution >= 0.6 is 11.6 Å². The van der Waals surface area contributed by atoms with Crippen molar-refractivity contribution < 1.29 is 14.3 Å². The molecule has 2 aromatic rings. The highest BCUT2D eigenvalue weighted by atomic mass is 35.5. The first-order valence-electron chi connectivity index (χ1n) is 7.43. The van der Waals surface area contributed by atoms with Crippen LogP contribution in [0.5, 0.6) is 11.5 Å². The Balaban J connectivity index is 1.73. The lowest BCUT2D eigenvalue weighted by Gasteiger charge is -2.25. The van der Waals surface area contributed by atoms with Gasteiger partial charge in [-0.15, -0.1) is 0 Å². The number of hydrogen-bond acceptors (Lipinski definition) is 3. The third kappa shape index (κ3) is 3.42. The molecule has 1 N–H and O–H groups in total. The van der Waals surface area contributed by atoms with Crippen LogP contribution in [-0.4, -0.2) is 19.6 Å². The van der Waals surface area contributed by atoms with Crippen LogP contribution in [0.2, 0.25) is 5.02 Å². The van der Waals surface area contributed by atoms with Gasteiger partial charge in [0.05, 0.1) is 23.7 Å². The van der Waals surface area contributed by atoms with Gasteiger partial charge in [-0.05, 0) is 54.8 Å². The molecule has 0 fully saturated rings. The summed E-state index contributed by atoms with van der Waals surface area (Å²) in [5.41, 5.74) is 2.65. The molecule has 120 valence electrons. The van der Waals surface area contributed by atoms with Crippen LogP contribution in [0.25, 0.3) is 0 Å². The lowest BCUT2D eigenvalue weighted by Crippen LogP contribution is -2.32. The fraction of sp³-hybridized carbons (Fsp3) is 0.278. The SMILES string of the molecule is COc1ccc2c(c1)CC(C(=O)Nc1ccc(C)cc1Cl)CO2. The third-order valence-electron chi connectivity index (χ3n) is 3.93. The number of anilines is 1. The van der Waals surface area contributed by atoms with E-state index < -0.39 is 0 Å². The van der Waals surface area contributed by atoms with Crippen molar-refractivity contribution in [2.45, 2.75) is 13.3 Å². The minimum absolute atomic E-state index is 0.0933. The van der Waals surface area contributed by atoms with Crippen LogP contribution in [0.1, 0.15) is 11.1 Å². The summed E-state index contributed by atoms with van der Waals surface area (Å²) in [6.45, 7) is 2.31. The summed E-state index contributed by atoms with van der Waals surface area (Å²) in [4.78, 5) is 12.5. The van der Waals surface area contributed by atoms with Gasteiger partial charge in [0.25, 0.3) is 0 Å². The molecule has 0 aromatic heterocycles. The highest BCUT2D eigenvalue weighted by Gasteiger charge is 2.26. The Morgan fingerprint density at radius 1 is 1.30 bits per heavy atom. The van der Waals surface area contributed by atoms with Crippen LogP contribution in [0, 0.1) is 12.8 Å². The summed E-state index contributed by atoms with van der Waals surface area (Å²) in [5, 5.41) is 3.42. The minimum Gasteiger partial charge on any atom is -0.497 e. The van der Waals surface area contributed by atoms with Gasteiger partial charge in [-0.3, -0.25) is 4.79 Å². The largest absolute Gasteiger partial charge is 0.497 e. The summed E-state index contributed by atoms with van der Waals surface area (Å²) in [5.74, 6) is 1.22. The molecular weight excluding hydrogens is 314 g/mol. The second-order valence-corrected chi connectivity index (χ2v) is 6.07. The molecule has 1 aliphatic rings. The normalized spacial score (nSPS) is 16.2. The third-order valence-corrected chi connectivity index (χ3v) is 4.24. The molecule has 1 atom stereocenters. The van der Waals surface area contributed by atoms with Crippen molar-refractivity contribution in [1.29, 1.82) is 0 Å². The molecule has 0 saturated carbocycles. The Morgan fingerprint density at radius 2 is 2.13 bits per heavy atom. The quantitative estimate of drug-likeness (QED) is 0.929. The number of benzene rings is 2. The van der Waals surface area contributed by atoms with Gasteiger partial charge in [0, 0.05) is 0 Å². The molecule has 2 aromatic carbocycles. The molecule has 0 saturated heterocycles. The number of ether oxygens (including phenoxy) is 2. The van der Waals surface area contributed by atoms with E-state index in [0.29, 0.717) is 23.7 Å². The van der Waals surface area contributed by atoms with Crippen molar-refractivity contribution in [3.8, 4) is 11.5 Å². The van der Waals surface area contributed by atoms with E-state index in [2.05, 4.69) is 5.32 Å². The highest BCUT2D eigenvalue weighted by molar-refractivity contribution is 6.33. The molecule has 1 amide bonds. The van der Waals surface area contributed by atoms with Crippen molar-refractivity contribution in [3.05, 3.63) is 52.5 Å². The molecule has 0 radical (unpaired) electrons. The van der Waals surface area contributed by atoms with Crippen molar-refractivity contribution in [2.75, 3.05) is 19.0 Å². The average Bonchev–Trinajstić information content (AvgIpc) is 2.56. The van der Waals surface area contributed by atoms with Gasteiger partial charge in [-0.2, -0.15) is 0 Å². The summed E-state index contributed by atoms with van der Waals surface area (Å²) >= 11 is 6.17. The minimum atomic E-state index is -0.257. The van der Waals surface area contributed by atoms with E-state index in [1.165, 1.54) is 0 Å². The molecule has 0 bridgehead atoms. The van der Waals surface area contributed by atoms with Gasteiger partial charge < -0.3 is 14.8 Å². The Hall–Kier alpha value is -2.20. The number of fused-ring (bicyclic) bond motifs is 1. The number of amides is 1. The average molecular weight is 332 g/mol. The molecule has 5 heteroatoms. The Morgan fingerprint density at radius 3 is 2.87 bits per heavy atom. The fourth-order valence-corrected chi connectivity index (χ4v) is 2.90. The van der Waals surface area contributed by atoms with Gasteiger partial charge >= 0.3 is 0 Å². The Labute approximate surface area is 140 Å². The van der Waals surface area contributed by atoms with Crippen molar-refractivity contribution in [1.82, 2.24) is 0 Å². The molecule has 1 aliphatic heterocycles. The molecule has 0 spiro atoms. The Kier molecular flexibility index (Phi) is 4.44. The predicted octanol–water partition coefficient (Wildman–Crippen LogP) is 3.85. The van der Waals surface area contributed by atoms with Crippen molar-refractivity contribution in [2.24, 2.45) is 5.92 Å². The van der Waals surface area contributed by atoms with Crippen LogP contribution in [-0.2, 0) is 11.2 Å². The smallest absolute Gasteiger partial charge is 0.231 e. The number of rotatable bonds is 3. The maximum absolute atomic E-state index is 12.5. The first kappa shape index (κ1) is 15.7. The van der Waals surface area contributed by atoms with E-state index in [9.17, 15) is 4.79 Å². The number of aryl methyl sites for hydroxylation is 1. The van der Waals surface area contributed by atoms with Crippen LogP contribution in [0.15, 0.2) is 36.4 Å². The van der Waals surface area contributed by atoms with Crippen molar-refractivity contribution in [3.63, 3.8) is 0 Å². The van der Waals surface area contributed by atoms with E-state index in [1.807, 2.05) is 43.3 Å². The van der Waals surface area contributed by atoms with E-state index in [4.69, 9.17) is 21.1 Å². The van der Waals surface area contributed by atoms with Gasteiger partial charge in [-0.25, -0.2) is 0 Å². The fourth-order valence-electron chi connectivity index (χ4n) is 2.62. The zero-order chi connectivity index (χ0) is 16.4. The number of carbonyl (C=O) groups excluding carboxylic acids is 1. The topological polar surface area (TPSA) is 47.6 Å². The van der Waals surface area contributed by atoms with E-state index in [1.54, 1.807) is 7.11 Å². The number of halogens is 1. The Bertz CT molecular complexity index is 745. The number of carbonyl (C=O) groups is 1. The number of hydrogen-bond donors (Lipinski definition) is 1. The van der Waals surface area contributed by atoms with Gasteiger partial charge in [-0.1, -0.05) is 17.7 Å². The number of nitrogens with one attached hydrogen (secondary N) is 1. The van der Waals surface area contributed by atoms with E-state index >= 15 is 0 Å². The summed E-state index contributed by atoms with van der Waals surface area (Å²) in [6.07, 6.45) is 0.613. The summed E-state index contributed by atoms with van der Waals surface area (Å²) in [7, 11) is 1.62. The maximum atomic E-state index is 12.5. The molecule has 3 rings (SSSR count). The van der Waals surface area contributed by atoms with Gasteiger partial charge in [0.15, 0.2) is 0 Å². The van der Waals surface area contributed by atoms with Crippen LogP contribution < -0.4 is 14.8 Å². The molecule has 1 unspecified atom stereocenters. The highest BCUT2D eigenvalue weighted by Crippen LogP contribution is 2.31. The lowest BCUT2D eigenvalue weighted by atomic mass is 9.95. The summed E-state index contributed by atoms with van der Waals surface area (Å²) < 4.78 is 10.9. The maximum Gasteiger partial charge on any atom is 0.231 e. The second-order valence-electron chi connectivity index (χ2n) is 5.66. The van der Waals surface area contributed by atoms with E-state index in [-0.39, 0.29) is 11.8 Å². The van der Waals surface area contributed by atoms with E-state index in [0.717, 1.165) is 22.6 Å². The monoisotopic (exact) mass is 331 g/mol. The van der Waals surface area contributed by atoms with Crippen LogP contribution in [0.4, 0.5) is 5.69 Å². The van der Waals surface area contributed by atoms with Crippen molar-refractivity contribution >= 4 is 23.2 Å². The standard InChI is InChI=1S/C18H18ClNO3/c1-11-3-5-16(15(19)7-11)20-18(21)13-8-12-9-14(22-2)4-6-17(12)23-10-13/h3-7,9,13H,8,10H2,1-2H3,(H,20,21). The predicted molar refractivity (Wildman–Crippen MR) is 90.5 cm³/mol. The molecule has 4 nitrogen and oxygen atoms in total. The molecule has 23 heavy (non-hydrogen) atoms. The van der Waals surface area contributed by atoms with Gasteiger partial charge in [0.1, 0.15) is 18.1 Å².